The van der Waals surface area contributed by atoms with Crippen molar-refractivity contribution in [3.63, 3.8) is 0 Å². The highest BCUT2D eigenvalue weighted by atomic mass is 28.3. The fraction of sp³-hybridized carbons (Fsp3) is 0.333. The standard InChI is InChI=1S/C21H28N4O3Si/c1-29(2,3)8-7-28-14-25-20-11-19(22)18(10-17(20)13-24-25)16-6-4-5-15(9-16)12-23-21(26)27/h4-6,9-11,13,23H,7-8,12,14,22H2,1-3H3,(H,26,27). The number of nitrogens with two attached hydrogens (primary N) is 1. The molecule has 0 fully saturated rings. The Kier molecular flexibility index (Phi) is 6.24. The van der Waals surface area contributed by atoms with Crippen molar-refractivity contribution in [2.24, 2.45) is 0 Å². The molecular formula is C21H28N4O3Si. The molecule has 0 unspecified atom stereocenters. The number of hydrogen-bond acceptors (Lipinski definition) is 4. The number of fused-ring (bicyclic) bond motifs is 1. The van der Waals surface area contributed by atoms with E-state index in [-0.39, 0.29) is 6.54 Å². The van der Waals surface area contributed by atoms with E-state index in [1.54, 1.807) is 0 Å². The Morgan fingerprint density at radius 3 is 2.79 bits per heavy atom. The van der Waals surface area contributed by atoms with Gasteiger partial charge in [0, 0.05) is 37.9 Å². The van der Waals surface area contributed by atoms with Crippen LogP contribution in [0.15, 0.2) is 42.6 Å². The molecule has 3 rings (SSSR count). The van der Waals surface area contributed by atoms with Crippen LogP contribution in [0.2, 0.25) is 25.7 Å². The van der Waals surface area contributed by atoms with Crippen molar-refractivity contribution >= 4 is 30.8 Å². The molecule has 0 aliphatic rings. The van der Waals surface area contributed by atoms with Crippen molar-refractivity contribution in [3.05, 3.63) is 48.2 Å². The number of nitrogen functional groups attached to an aromatic ring is 1. The number of hydrogen-bond donors (Lipinski definition) is 3. The number of carbonyl (C=O) groups is 1. The van der Waals surface area contributed by atoms with Crippen LogP contribution in [0.25, 0.3) is 22.0 Å². The van der Waals surface area contributed by atoms with Crippen molar-refractivity contribution in [3.8, 4) is 11.1 Å². The van der Waals surface area contributed by atoms with Crippen LogP contribution in [-0.2, 0) is 18.0 Å². The van der Waals surface area contributed by atoms with Gasteiger partial charge in [-0.3, -0.25) is 0 Å². The minimum absolute atomic E-state index is 0.248. The van der Waals surface area contributed by atoms with Crippen LogP contribution in [0.1, 0.15) is 5.56 Å². The summed E-state index contributed by atoms with van der Waals surface area (Å²) in [5, 5.41) is 16.6. The van der Waals surface area contributed by atoms with Gasteiger partial charge in [0.25, 0.3) is 0 Å². The van der Waals surface area contributed by atoms with Crippen molar-refractivity contribution in [1.29, 1.82) is 0 Å². The average Bonchev–Trinajstić information content (AvgIpc) is 3.04. The van der Waals surface area contributed by atoms with E-state index in [9.17, 15) is 4.79 Å². The first-order chi connectivity index (χ1) is 13.7. The predicted octanol–water partition coefficient (Wildman–Crippen LogP) is 4.37. The average molecular weight is 413 g/mol. The Hall–Kier alpha value is -2.84. The molecule has 29 heavy (non-hydrogen) atoms. The molecular weight excluding hydrogens is 384 g/mol. The second kappa shape index (κ2) is 8.67. The van der Waals surface area contributed by atoms with Crippen molar-refractivity contribution < 1.29 is 14.6 Å². The second-order valence-corrected chi connectivity index (χ2v) is 14.0. The summed E-state index contributed by atoms with van der Waals surface area (Å²) in [6, 6.07) is 12.7. The van der Waals surface area contributed by atoms with Crippen LogP contribution >= 0.6 is 0 Å². The summed E-state index contributed by atoms with van der Waals surface area (Å²) in [5.74, 6) is 0. The molecule has 1 amide bonds. The Morgan fingerprint density at radius 2 is 2.07 bits per heavy atom. The normalized spacial score (nSPS) is 11.7. The highest BCUT2D eigenvalue weighted by molar-refractivity contribution is 6.76. The summed E-state index contributed by atoms with van der Waals surface area (Å²) in [6.45, 7) is 8.38. The smallest absolute Gasteiger partial charge is 0.404 e. The van der Waals surface area contributed by atoms with E-state index in [4.69, 9.17) is 15.6 Å². The summed E-state index contributed by atoms with van der Waals surface area (Å²) < 4.78 is 7.64. The van der Waals surface area contributed by atoms with Gasteiger partial charge < -0.3 is 20.9 Å². The van der Waals surface area contributed by atoms with Crippen LogP contribution in [0, 0.1) is 0 Å². The highest BCUT2D eigenvalue weighted by Crippen LogP contribution is 2.31. The molecule has 0 atom stereocenters. The number of ether oxygens (including phenoxy) is 1. The van der Waals surface area contributed by atoms with Gasteiger partial charge in [-0.2, -0.15) is 5.10 Å². The zero-order chi connectivity index (χ0) is 21.0. The molecule has 0 radical (unpaired) electrons. The molecule has 1 heterocycles. The molecule has 7 nitrogen and oxygen atoms in total. The van der Waals surface area contributed by atoms with Gasteiger partial charge in [-0.05, 0) is 35.4 Å². The van der Waals surface area contributed by atoms with Crippen molar-refractivity contribution in [2.75, 3.05) is 12.3 Å². The third-order valence-electron chi connectivity index (χ3n) is 4.70. The van der Waals surface area contributed by atoms with Crippen molar-refractivity contribution in [2.45, 2.75) is 39.0 Å². The van der Waals surface area contributed by atoms with Gasteiger partial charge in [0.1, 0.15) is 6.73 Å². The largest absolute Gasteiger partial charge is 0.465 e. The van der Waals surface area contributed by atoms with Gasteiger partial charge in [-0.15, -0.1) is 0 Å². The van der Waals surface area contributed by atoms with Gasteiger partial charge in [0.2, 0.25) is 0 Å². The lowest BCUT2D eigenvalue weighted by Gasteiger charge is -2.15. The zero-order valence-electron chi connectivity index (χ0n) is 17.1. The van der Waals surface area contributed by atoms with Crippen LogP contribution in [0.3, 0.4) is 0 Å². The molecule has 2 aromatic carbocycles. The minimum atomic E-state index is -1.12. The maximum absolute atomic E-state index is 10.7. The molecule has 3 aromatic rings. The molecule has 154 valence electrons. The number of amides is 1. The number of carboxylic acid groups (broad SMARTS) is 1. The van der Waals surface area contributed by atoms with Crippen LogP contribution < -0.4 is 11.1 Å². The number of nitrogens with one attached hydrogen (secondary N) is 1. The Morgan fingerprint density at radius 1 is 1.28 bits per heavy atom. The second-order valence-electron chi connectivity index (χ2n) is 8.35. The third-order valence-corrected chi connectivity index (χ3v) is 6.41. The van der Waals surface area contributed by atoms with Gasteiger partial charge >= 0.3 is 6.09 Å². The molecule has 0 bridgehead atoms. The van der Waals surface area contributed by atoms with Crippen LogP contribution in [0.4, 0.5) is 10.5 Å². The fourth-order valence-corrected chi connectivity index (χ4v) is 3.81. The SMILES string of the molecule is C[Si](C)(C)CCOCn1ncc2cc(-c3cccc(CNC(=O)O)c3)c(N)cc21. The molecule has 0 aliphatic carbocycles. The number of aromatic nitrogens is 2. The quantitative estimate of drug-likeness (QED) is 0.290. The Labute approximate surface area is 171 Å². The first-order valence-electron chi connectivity index (χ1n) is 9.62. The number of benzene rings is 2. The molecule has 1 aromatic heterocycles. The van der Waals surface area contributed by atoms with Gasteiger partial charge in [-0.25, -0.2) is 9.48 Å². The summed E-state index contributed by atoms with van der Waals surface area (Å²) in [5.41, 5.74) is 10.6. The van der Waals surface area contributed by atoms with E-state index in [0.29, 0.717) is 12.4 Å². The zero-order valence-corrected chi connectivity index (χ0v) is 18.1. The van der Waals surface area contributed by atoms with Crippen molar-refractivity contribution in [1.82, 2.24) is 15.1 Å². The summed E-state index contributed by atoms with van der Waals surface area (Å²) in [6.07, 6.45) is 0.770. The lowest BCUT2D eigenvalue weighted by molar-refractivity contribution is 0.0817. The molecule has 0 aliphatic heterocycles. The minimum Gasteiger partial charge on any atom is -0.465 e. The fourth-order valence-electron chi connectivity index (χ4n) is 3.05. The third kappa shape index (κ3) is 5.58. The lowest BCUT2D eigenvalue weighted by Crippen LogP contribution is -2.22. The number of nitrogens with zero attached hydrogens (tertiary/aromatic N) is 2. The van der Waals surface area contributed by atoms with Gasteiger partial charge in [-0.1, -0.05) is 37.8 Å². The van der Waals surface area contributed by atoms with Crippen LogP contribution in [-0.4, -0.2) is 35.7 Å². The first-order valence-corrected chi connectivity index (χ1v) is 13.3. The number of rotatable bonds is 8. The van der Waals surface area contributed by atoms with E-state index in [1.165, 1.54) is 0 Å². The number of anilines is 1. The predicted molar refractivity (Wildman–Crippen MR) is 119 cm³/mol. The maximum Gasteiger partial charge on any atom is 0.404 e. The molecule has 4 N–H and O–H groups in total. The van der Waals surface area contributed by atoms with Gasteiger partial charge in [0.05, 0.1) is 11.7 Å². The summed E-state index contributed by atoms with van der Waals surface area (Å²) >= 11 is 0. The maximum atomic E-state index is 10.7. The van der Waals surface area contributed by atoms with E-state index >= 15 is 0 Å². The van der Waals surface area contributed by atoms with E-state index in [0.717, 1.165) is 40.2 Å². The molecule has 8 heteroatoms. The van der Waals surface area contributed by atoms with Gasteiger partial charge in [0.15, 0.2) is 0 Å². The van der Waals surface area contributed by atoms with E-state index in [2.05, 4.69) is 30.1 Å². The summed E-state index contributed by atoms with van der Waals surface area (Å²) in [4.78, 5) is 10.7. The summed E-state index contributed by atoms with van der Waals surface area (Å²) in [7, 11) is -1.12. The topological polar surface area (TPSA) is 102 Å². The molecule has 0 saturated carbocycles. The van der Waals surface area contributed by atoms with E-state index in [1.807, 2.05) is 47.3 Å². The molecule has 0 saturated heterocycles. The monoisotopic (exact) mass is 412 g/mol. The van der Waals surface area contributed by atoms with Crippen LogP contribution in [0.5, 0.6) is 0 Å². The first kappa shape index (κ1) is 20.9. The highest BCUT2D eigenvalue weighted by Gasteiger charge is 2.13. The molecule has 0 spiro atoms. The van der Waals surface area contributed by atoms with E-state index < -0.39 is 14.2 Å². The lowest BCUT2D eigenvalue weighted by atomic mass is 10.00. The Bertz CT molecular complexity index is 1010. The Balaban J connectivity index is 1.79.